The van der Waals surface area contributed by atoms with Crippen LogP contribution in [0.25, 0.3) is 0 Å². The lowest BCUT2D eigenvalue weighted by molar-refractivity contribution is 0.187. The van der Waals surface area contributed by atoms with E-state index in [0.29, 0.717) is 0 Å². The van der Waals surface area contributed by atoms with Gasteiger partial charge in [0.05, 0.1) is 6.10 Å². The minimum Gasteiger partial charge on any atom is -0.485 e. The van der Waals surface area contributed by atoms with Crippen molar-refractivity contribution in [3.8, 4) is 5.75 Å². The highest BCUT2D eigenvalue weighted by atomic mass is 35.6. The molecule has 200 valence electrons. The zero-order valence-electron chi connectivity index (χ0n) is 22.5. The summed E-state index contributed by atoms with van der Waals surface area (Å²) in [5.74, 6) is 0.560. The smallest absolute Gasteiger partial charge is 0.191 e. The van der Waals surface area contributed by atoms with Gasteiger partial charge in [0.1, 0.15) is 0 Å². The molecule has 0 bridgehead atoms. The Morgan fingerprint density at radius 2 is 1.43 bits per heavy atom. The van der Waals surface area contributed by atoms with Gasteiger partial charge in [0.2, 0.25) is 0 Å². The quantitative estimate of drug-likeness (QED) is 0.141. The molecule has 3 rings (SSSR count). The van der Waals surface area contributed by atoms with Crippen molar-refractivity contribution < 1.29 is 13.5 Å². The van der Waals surface area contributed by atoms with E-state index < -0.39 is 19.0 Å². The van der Waals surface area contributed by atoms with Crippen LogP contribution < -0.4 is 4.74 Å². The largest absolute Gasteiger partial charge is 0.485 e. The third-order valence-electron chi connectivity index (χ3n) is 8.87. The fraction of sp³-hybridized carbons (Fsp3) is 0.800. The van der Waals surface area contributed by atoms with Gasteiger partial charge in [-0.05, 0) is 99.0 Å². The molecular formula is C30H49ClF2OSi. The molecular weight excluding hydrogens is 478 g/mol. The van der Waals surface area contributed by atoms with Crippen LogP contribution in [0.2, 0.25) is 18.1 Å². The third-order valence-corrected chi connectivity index (χ3v) is 14.2. The molecule has 0 radical (unpaired) electrons. The highest BCUT2D eigenvalue weighted by Crippen LogP contribution is 2.47. The molecule has 1 saturated heterocycles. The summed E-state index contributed by atoms with van der Waals surface area (Å²) in [4.78, 5) is 0. The predicted molar refractivity (Wildman–Crippen MR) is 148 cm³/mol. The molecule has 1 saturated carbocycles. The van der Waals surface area contributed by atoms with E-state index in [1.807, 2.05) is 6.92 Å². The Morgan fingerprint density at radius 3 is 2.03 bits per heavy atom. The lowest BCUT2D eigenvalue weighted by Gasteiger charge is -2.40. The van der Waals surface area contributed by atoms with Crippen LogP contribution in [0.1, 0.15) is 122 Å². The van der Waals surface area contributed by atoms with E-state index in [4.69, 9.17) is 15.8 Å². The fourth-order valence-electron chi connectivity index (χ4n) is 6.54. The molecule has 1 aliphatic carbocycles. The van der Waals surface area contributed by atoms with E-state index in [2.05, 4.69) is 13.8 Å². The van der Waals surface area contributed by atoms with Gasteiger partial charge in [0.15, 0.2) is 24.8 Å². The third kappa shape index (κ3) is 8.73. The molecule has 1 nitrogen and oxygen atoms in total. The maximum absolute atomic E-state index is 14.8. The second-order valence-electron chi connectivity index (χ2n) is 11.6. The van der Waals surface area contributed by atoms with Gasteiger partial charge in [-0.3, -0.25) is 0 Å². The van der Waals surface area contributed by atoms with Crippen LogP contribution in [-0.2, 0) is 0 Å². The van der Waals surface area contributed by atoms with Crippen LogP contribution in [0.3, 0.4) is 0 Å². The number of halogens is 3. The van der Waals surface area contributed by atoms with Crippen LogP contribution in [0, 0.1) is 23.5 Å². The van der Waals surface area contributed by atoms with Crippen molar-refractivity contribution >= 4 is 18.5 Å². The molecule has 0 spiro atoms. The molecule has 5 heteroatoms. The Hall–Kier alpha value is -0.613. The first kappa shape index (κ1) is 29.0. The lowest BCUT2D eigenvalue weighted by Crippen LogP contribution is -2.35. The molecule has 1 unspecified atom stereocenters. The molecule has 35 heavy (non-hydrogen) atoms. The van der Waals surface area contributed by atoms with E-state index in [9.17, 15) is 8.78 Å². The Bertz CT molecular complexity index is 734. The Balaban J connectivity index is 1.47. The average molecular weight is 527 g/mol. The number of ether oxygens (including phenoxy) is 1. The Labute approximate surface area is 219 Å². The number of unbranched alkanes of at least 4 members (excludes halogenated alkanes) is 5. The summed E-state index contributed by atoms with van der Waals surface area (Å²) in [6.45, 7) is 6.35. The monoisotopic (exact) mass is 526 g/mol. The zero-order valence-corrected chi connectivity index (χ0v) is 24.3. The Kier molecular flexibility index (Phi) is 11.9. The van der Waals surface area contributed by atoms with Crippen LogP contribution in [-0.4, -0.2) is 13.5 Å². The molecule has 1 heterocycles. The lowest BCUT2D eigenvalue weighted by atomic mass is 9.72. The maximum Gasteiger partial charge on any atom is 0.191 e. The van der Waals surface area contributed by atoms with Gasteiger partial charge in [-0.1, -0.05) is 65.2 Å². The summed E-state index contributed by atoms with van der Waals surface area (Å²) in [6, 6.07) is 6.96. The minimum atomic E-state index is -1.51. The molecule has 2 aliphatic rings. The second-order valence-corrected chi connectivity index (χ2v) is 17.9. The first-order chi connectivity index (χ1) is 16.8. The van der Waals surface area contributed by atoms with E-state index in [1.165, 1.54) is 88.1 Å². The first-order valence-corrected chi connectivity index (χ1v) is 18.3. The average Bonchev–Trinajstić information content (AvgIpc) is 2.85. The van der Waals surface area contributed by atoms with Crippen molar-refractivity contribution in [3.63, 3.8) is 0 Å². The number of rotatable bonds is 13. The van der Waals surface area contributed by atoms with Crippen LogP contribution >= 0.6 is 11.1 Å². The molecule has 1 aromatic carbocycles. The van der Waals surface area contributed by atoms with E-state index >= 15 is 0 Å². The summed E-state index contributed by atoms with van der Waals surface area (Å²) >= 11 is 7.09. The van der Waals surface area contributed by atoms with E-state index in [0.717, 1.165) is 49.5 Å². The van der Waals surface area contributed by atoms with Gasteiger partial charge >= 0.3 is 0 Å². The highest BCUT2D eigenvalue weighted by Gasteiger charge is 2.39. The minimum absolute atomic E-state index is 0.172. The molecule has 1 atom stereocenters. The molecule has 2 fully saturated rings. The topological polar surface area (TPSA) is 9.23 Å². The fourth-order valence-corrected chi connectivity index (χ4v) is 11.0. The predicted octanol–water partition coefficient (Wildman–Crippen LogP) is 10.8. The first-order valence-electron chi connectivity index (χ1n) is 14.7. The molecule has 0 N–H and O–H groups in total. The van der Waals surface area contributed by atoms with Crippen LogP contribution in [0.5, 0.6) is 5.75 Å². The van der Waals surface area contributed by atoms with Crippen molar-refractivity contribution in [2.45, 2.75) is 141 Å². The highest BCUT2D eigenvalue weighted by molar-refractivity contribution is 7.20. The summed E-state index contributed by atoms with van der Waals surface area (Å²) in [5, 5.41) is 0. The molecule has 1 aliphatic heterocycles. The van der Waals surface area contributed by atoms with E-state index in [1.54, 1.807) is 0 Å². The van der Waals surface area contributed by atoms with Crippen molar-refractivity contribution in [2.75, 3.05) is 0 Å². The summed E-state index contributed by atoms with van der Waals surface area (Å²) in [7, 11) is -1.51. The maximum atomic E-state index is 14.8. The van der Waals surface area contributed by atoms with Gasteiger partial charge in [0, 0.05) is 0 Å². The second kappa shape index (κ2) is 14.4. The van der Waals surface area contributed by atoms with Crippen molar-refractivity contribution in [3.05, 3.63) is 29.3 Å². The van der Waals surface area contributed by atoms with Crippen LogP contribution in [0.4, 0.5) is 8.78 Å². The SMILES string of the molecule is CCCCCCC(C)Oc1c(F)cc(C2CCC([C@H]3CC[Si@](Cl)(CCCCC)CC3)CC2)cc1F. The van der Waals surface area contributed by atoms with Crippen molar-refractivity contribution in [1.82, 2.24) is 0 Å². The van der Waals surface area contributed by atoms with Gasteiger partial charge in [-0.25, -0.2) is 8.78 Å². The summed E-state index contributed by atoms with van der Waals surface area (Å²) < 4.78 is 35.4. The standard InChI is InChI=1S/C30H49ClF2OSi/c1-4-6-8-9-11-23(3)34-30-28(32)21-27(22-29(30)33)25-14-12-24(13-15-25)26-16-19-35(31,20-17-26)18-10-7-5-2/h21-26H,4-20H2,1-3H3/t23?,24?,25?,26-,35+. The van der Waals surface area contributed by atoms with Gasteiger partial charge in [-0.15, -0.1) is 0 Å². The Morgan fingerprint density at radius 1 is 0.857 bits per heavy atom. The number of hydrogen-bond donors (Lipinski definition) is 0. The van der Waals surface area contributed by atoms with Gasteiger partial charge in [-0.2, -0.15) is 11.1 Å². The van der Waals surface area contributed by atoms with Crippen LogP contribution in [0.15, 0.2) is 12.1 Å². The van der Waals surface area contributed by atoms with Crippen molar-refractivity contribution in [2.24, 2.45) is 11.8 Å². The van der Waals surface area contributed by atoms with Gasteiger partial charge in [0.25, 0.3) is 0 Å². The van der Waals surface area contributed by atoms with Crippen molar-refractivity contribution in [1.29, 1.82) is 0 Å². The molecule has 0 aromatic heterocycles. The zero-order chi connectivity index (χ0) is 25.3. The number of hydrogen-bond acceptors (Lipinski definition) is 1. The summed E-state index contributed by atoms with van der Waals surface area (Å²) in [6.07, 6.45) is 16.2. The molecule has 0 amide bonds. The summed E-state index contributed by atoms with van der Waals surface area (Å²) in [5.41, 5.74) is 0.813. The number of benzene rings is 1. The molecule has 1 aromatic rings. The van der Waals surface area contributed by atoms with E-state index in [-0.39, 0.29) is 17.8 Å². The van der Waals surface area contributed by atoms with Gasteiger partial charge < -0.3 is 4.74 Å². The normalized spacial score (nSPS) is 28.1.